The molecule has 1 amide bonds. The summed E-state index contributed by atoms with van der Waals surface area (Å²) in [6.07, 6.45) is 1.55. The molecule has 0 aliphatic carbocycles. The summed E-state index contributed by atoms with van der Waals surface area (Å²) in [7, 11) is 0. The Morgan fingerprint density at radius 1 is 1.21 bits per heavy atom. The van der Waals surface area contributed by atoms with Crippen molar-refractivity contribution in [2.45, 2.75) is 33.4 Å². The summed E-state index contributed by atoms with van der Waals surface area (Å²) in [5, 5.41) is 5.22. The van der Waals surface area contributed by atoms with E-state index < -0.39 is 0 Å². The van der Waals surface area contributed by atoms with Crippen molar-refractivity contribution in [1.82, 2.24) is 14.8 Å². The molecule has 4 aromatic rings. The third-order valence-corrected chi connectivity index (χ3v) is 5.44. The summed E-state index contributed by atoms with van der Waals surface area (Å²) in [6.45, 7) is 5.51. The van der Waals surface area contributed by atoms with Crippen molar-refractivity contribution in [2.75, 3.05) is 4.90 Å². The van der Waals surface area contributed by atoms with Crippen molar-refractivity contribution >= 4 is 33.1 Å². The predicted octanol–water partition coefficient (Wildman–Crippen LogP) is 3.86. The molecule has 8 heteroatoms. The maximum Gasteiger partial charge on any atom is 0.294 e. The molecule has 0 atom stereocenters. The van der Waals surface area contributed by atoms with Crippen LogP contribution < -0.4 is 10.5 Å². The molecular weight excluding hydrogens is 388 g/mol. The lowest BCUT2D eigenvalue weighted by atomic mass is 10.2. The van der Waals surface area contributed by atoms with E-state index in [0.29, 0.717) is 21.7 Å². The van der Waals surface area contributed by atoms with Crippen LogP contribution in [0.3, 0.4) is 0 Å². The van der Waals surface area contributed by atoms with Gasteiger partial charge in [-0.05, 0) is 45.0 Å². The van der Waals surface area contributed by atoms with Crippen LogP contribution in [0.25, 0.3) is 21.7 Å². The van der Waals surface area contributed by atoms with Crippen LogP contribution in [0.1, 0.15) is 18.9 Å². The molecule has 0 radical (unpaired) electrons. The number of nitrogens with zero attached hydrogens (tertiary/aromatic N) is 4. The molecule has 0 aliphatic heterocycles. The molecule has 7 nitrogen and oxygen atoms in total. The Hall–Kier alpha value is -3.26. The lowest BCUT2D eigenvalue weighted by molar-refractivity contribution is -0.119. The maximum atomic E-state index is 13.1. The summed E-state index contributed by atoms with van der Waals surface area (Å²) in [5.74, 6) is 0.307. The van der Waals surface area contributed by atoms with Crippen LogP contribution in [0.5, 0.6) is 0 Å². The minimum absolute atomic E-state index is 0.0737. The Morgan fingerprint density at radius 3 is 2.62 bits per heavy atom. The van der Waals surface area contributed by atoms with Gasteiger partial charge in [0.15, 0.2) is 11.3 Å². The normalized spacial score (nSPS) is 11.3. The molecule has 0 saturated carbocycles. The highest BCUT2D eigenvalue weighted by Crippen LogP contribution is 2.29. The standard InChI is InChI=1S/C21H20N4O3S/c1-13(2)25(15-8-5-4-6-9-15)17(26)12-24-21(27)19-20(29-14(3)22-19)18(23-24)16-10-7-11-28-16/h4-11,13H,12H2,1-3H3. The molecule has 4 rings (SSSR count). The van der Waals surface area contributed by atoms with Gasteiger partial charge < -0.3 is 9.32 Å². The number of benzene rings is 1. The number of amides is 1. The highest BCUT2D eigenvalue weighted by atomic mass is 32.1. The summed E-state index contributed by atoms with van der Waals surface area (Å²) >= 11 is 1.38. The van der Waals surface area contributed by atoms with Gasteiger partial charge in [0.25, 0.3) is 5.56 Å². The van der Waals surface area contributed by atoms with Crippen molar-refractivity contribution in [1.29, 1.82) is 0 Å². The van der Waals surface area contributed by atoms with Gasteiger partial charge in [0.2, 0.25) is 5.91 Å². The van der Waals surface area contributed by atoms with E-state index in [9.17, 15) is 9.59 Å². The average Bonchev–Trinajstić information content (AvgIpc) is 3.34. The Kier molecular flexibility index (Phi) is 5.02. The Balaban J connectivity index is 1.79. The number of carbonyl (C=O) groups is 1. The largest absolute Gasteiger partial charge is 0.463 e. The molecule has 148 valence electrons. The van der Waals surface area contributed by atoms with E-state index in [1.165, 1.54) is 16.0 Å². The average molecular weight is 408 g/mol. The summed E-state index contributed by atoms with van der Waals surface area (Å²) < 4.78 is 7.34. The minimum atomic E-state index is -0.384. The minimum Gasteiger partial charge on any atom is -0.463 e. The van der Waals surface area contributed by atoms with Gasteiger partial charge in [0.05, 0.1) is 16.0 Å². The molecule has 3 heterocycles. The van der Waals surface area contributed by atoms with Crippen LogP contribution in [0, 0.1) is 6.92 Å². The number of aromatic nitrogens is 3. The van der Waals surface area contributed by atoms with Crippen LogP contribution in [-0.2, 0) is 11.3 Å². The van der Waals surface area contributed by atoms with Gasteiger partial charge in [0, 0.05) is 11.7 Å². The molecule has 0 fully saturated rings. The van der Waals surface area contributed by atoms with Gasteiger partial charge in [-0.25, -0.2) is 9.67 Å². The molecule has 0 N–H and O–H groups in total. The third kappa shape index (κ3) is 3.58. The van der Waals surface area contributed by atoms with Gasteiger partial charge in [-0.3, -0.25) is 9.59 Å². The fourth-order valence-electron chi connectivity index (χ4n) is 3.27. The van der Waals surface area contributed by atoms with Crippen LogP contribution in [0.15, 0.2) is 57.9 Å². The second-order valence-electron chi connectivity index (χ2n) is 6.89. The first kappa shape index (κ1) is 19.1. The van der Waals surface area contributed by atoms with Crippen molar-refractivity contribution in [3.8, 4) is 11.5 Å². The number of hydrogen-bond acceptors (Lipinski definition) is 6. The van der Waals surface area contributed by atoms with E-state index in [2.05, 4.69) is 10.1 Å². The van der Waals surface area contributed by atoms with Gasteiger partial charge in [-0.15, -0.1) is 11.3 Å². The lowest BCUT2D eigenvalue weighted by Gasteiger charge is -2.27. The molecule has 0 saturated heterocycles. The first-order chi connectivity index (χ1) is 14.0. The predicted molar refractivity (Wildman–Crippen MR) is 113 cm³/mol. The number of carbonyl (C=O) groups excluding carboxylic acids is 1. The summed E-state index contributed by atoms with van der Waals surface area (Å²) in [4.78, 5) is 32.1. The number of anilines is 1. The molecule has 3 aromatic heterocycles. The first-order valence-corrected chi connectivity index (χ1v) is 10.1. The number of hydrogen-bond donors (Lipinski definition) is 0. The van der Waals surface area contributed by atoms with Gasteiger partial charge in [-0.1, -0.05) is 18.2 Å². The Labute approximate surface area is 171 Å². The van der Waals surface area contributed by atoms with E-state index in [1.807, 2.05) is 51.1 Å². The number of rotatable bonds is 5. The third-order valence-electron chi connectivity index (χ3n) is 4.47. The fourth-order valence-corrected chi connectivity index (χ4v) is 4.17. The van der Waals surface area contributed by atoms with E-state index in [4.69, 9.17) is 4.42 Å². The maximum absolute atomic E-state index is 13.1. The lowest BCUT2D eigenvalue weighted by Crippen LogP contribution is -2.41. The zero-order valence-electron chi connectivity index (χ0n) is 16.3. The molecule has 0 spiro atoms. The second-order valence-corrected chi connectivity index (χ2v) is 8.10. The van der Waals surface area contributed by atoms with Crippen LogP contribution in [0.4, 0.5) is 5.69 Å². The molecule has 0 unspecified atom stereocenters. The fraction of sp³-hybridized carbons (Fsp3) is 0.238. The number of thiazole rings is 1. The van der Waals surface area contributed by atoms with Gasteiger partial charge in [-0.2, -0.15) is 5.10 Å². The van der Waals surface area contributed by atoms with Gasteiger partial charge in [0.1, 0.15) is 12.2 Å². The second kappa shape index (κ2) is 7.63. The van der Waals surface area contributed by atoms with E-state index in [-0.39, 0.29) is 24.1 Å². The van der Waals surface area contributed by atoms with Crippen molar-refractivity contribution in [2.24, 2.45) is 0 Å². The van der Waals surface area contributed by atoms with E-state index in [0.717, 1.165) is 10.7 Å². The molecule has 0 aliphatic rings. The molecule has 0 bridgehead atoms. The molecule has 29 heavy (non-hydrogen) atoms. The smallest absolute Gasteiger partial charge is 0.294 e. The quantitative estimate of drug-likeness (QED) is 0.501. The van der Waals surface area contributed by atoms with Gasteiger partial charge >= 0.3 is 0 Å². The van der Waals surface area contributed by atoms with Crippen LogP contribution in [-0.4, -0.2) is 26.7 Å². The van der Waals surface area contributed by atoms with Crippen molar-refractivity contribution in [3.05, 3.63) is 64.1 Å². The van der Waals surface area contributed by atoms with E-state index >= 15 is 0 Å². The topological polar surface area (TPSA) is 81.2 Å². The number of furan rings is 1. The van der Waals surface area contributed by atoms with Crippen LogP contribution in [0.2, 0.25) is 0 Å². The van der Waals surface area contributed by atoms with Crippen molar-refractivity contribution in [3.63, 3.8) is 0 Å². The number of fused-ring (bicyclic) bond motifs is 1. The monoisotopic (exact) mass is 408 g/mol. The molecule has 1 aromatic carbocycles. The summed E-state index contributed by atoms with van der Waals surface area (Å²) in [6, 6.07) is 12.8. The Bertz CT molecular complexity index is 1210. The van der Waals surface area contributed by atoms with Crippen molar-refractivity contribution < 1.29 is 9.21 Å². The zero-order chi connectivity index (χ0) is 20.5. The molecular formula is C21H20N4O3S. The summed E-state index contributed by atoms with van der Waals surface area (Å²) in [5.41, 5.74) is 1.21. The van der Waals surface area contributed by atoms with E-state index in [1.54, 1.807) is 23.3 Å². The Morgan fingerprint density at radius 2 is 1.97 bits per heavy atom. The zero-order valence-corrected chi connectivity index (χ0v) is 17.1. The highest BCUT2D eigenvalue weighted by Gasteiger charge is 2.23. The van der Waals surface area contributed by atoms with Crippen LogP contribution >= 0.6 is 11.3 Å². The SMILES string of the molecule is Cc1nc2c(=O)n(CC(=O)N(c3ccccc3)C(C)C)nc(-c3ccco3)c2s1. The first-order valence-electron chi connectivity index (χ1n) is 9.25. The highest BCUT2D eigenvalue weighted by molar-refractivity contribution is 7.19. The number of aryl methyl sites for hydroxylation is 1. The number of para-hydroxylation sites is 1.